The second-order valence-electron chi connectivity index (χ2n) is 13.5. The number of nitrogens with zero attached hydrogens (tertiary/aromatic N) is 1. The van der Waals surface area contributed by atoms with Crippen molar-refractivity contribution in [2.45, 2.75) is 15.2 Å². The Bertz CT molecular complexity index is 5600. The Morgan fingerprint density at radius 3 is 1.81 bits per heavy atom. The third-order valence-electron chi connectivity index (χ3n) is 10.3. The maximum absolute atomic E-state index is 10.2. The summed E-state index contributed by atoms with van der Waals surface area (Å²) in [6.45, 7) is 0. The van der Waals surface area contributed by atoms with Crippen molar-refractivity contribution >= 4 is 61.5 Å². The van der Waals surface area contributed by atoms with Crippen molar-refractivity contribution in [3.8, 4) is 33.8 Å². The molecule has 3 heterocycles. The van der Waals surface area contributed by atoms with Crippen molar-refractivity contribution < 1.29 is 59.9 Å². The third kappa shape index (κ3) is 5.41. The number of hydrogen-bond donors (Lipinski definition) is 0. The van der Waals surface area contributed by atoms with Gasteiger partial charge in [0.25, 0.3) is 0 Å². The van der Waals surface area contributed by atoms with Crippen LogP contribution >= 0.6 is 11.8 Å². The first-order valence-electron chi connectivity index (χ1n) is 36.9. The SMILES string of the molecule is [2H]c1c([2H])c([2H])c(-c2c([2H])c([2H])c(N(c3c([2H])c([2H])c(-c4c([2H])c([2H])c([2H])c5c4Sc4c([2H])c([2H])c([2H])c([2H])c4C54c5c([2H])c([2H])c([2H])c([2H])c5Oc5c([2H])c([2H])c([2H])c([2H])c54)c([2H])c3[2H])c3c([2H])c([2H])c([2H])c4oc5c6c([2H])c([2H])c([2H])c([2H])c6c([2H])c([2H])c5c34)c([2H])c2[2H])c([2H])c1[2H]. The van der Waals surface area contributed by atoms with Gasteiger partial charge in [0.1, 0.15) is 22.7 Å². The van der Waals surface area contributed by atoms with Crippen molar-refractivity contribution in [1.82, 2.24) is 0 Å². The monoisotopic (exact) mass is 860 g/mol. The van der Waals surface area contributed by atoms with Crippen LogP contribution < -0.4 is 9.64 Å². The van der Waals surface area contributed by atoms with E-state index in [4.69, 9.17) is 29.7 Å². The Hall–Kier alpha value is -7.79. The molecule has 13 rings (SSSR count). The van der Waals surface area contributed by atoms with Gasteiger partial charge in [0.2, 0.25) is 0 Å². The molecular weight excluding hydrogens is 787 g/mol. The van der Waals surface area contributed by atoms with Gasteiger partial charge in [0.05, 0.1) is 67.2 Å². The van der Waals surface area contributed by atoms with Gasteiger partial charge in [-0.15, -0.1) is 0 Å². The number of hydrogen-bond acceptors (Lipinski definition) is 4. The minimum absolute atomic E-state index is 0.251. The van der Waals surface area contributed by atoms with Crippen LogP contribution in [0.4, 0.5) is 17.1 Å². The molecule has 63 heavy (non-hydrogen) atoms. The average Bonchev–Trinajstić information content (AvgIpc) is 0.769. The van der Waals surface area contributed by atoms with Crippen LogP contribution in [0, 0.1) is 0 Å². The van der Waals surface area contributed by atoms with Gasteiger partial charge in [-0.2, -0.15) is 0 Å². The Kier molecular flexibility index (Phi) is 3.35. The van der Waals surface area contributed by atoms with Crippen molar-refractivity contribution in [1.29, 1.82) is 0 Å². The molecule has 0 atom stereocenters. The molecule has 1 aromatic heterocycles. The fraction of sp³-hybridized carbons (Fsp3) is 0.0169. The van der Waals surface area contributed by atoms with E-state index in [1.807, 2.05) is 0 Å². The fourth-order valence-electron chi connectivity index (χ4n) is 7.73. The van der Waals surface area contributed by atoms with Gasteiger partial charge < -0.3 is 14.1 Å². The summed E-state index contributed by atoms with van der Waals surface area (Å²) in [5.74, 6) is -1.86. The molecule has 2 aliphatic heterocycles. The summed E-state index contributed by atoms with van der Waals surface area (Å²) in [7, 11) is 0. The topological polar surface area (TPSA) is 25.6 Å². The molecule has 0 saturated carbocycles. The Morgan fingerprint density at radius 1 is 0.444 bits per heavy atom. The minimum atomic E-state index is -3.14. The average molecular weight is 861 g/mol. The first kappa shape index (κ1) is 14.9. The molecule has 0 amide bonds. The zero-order chi connectivity index (χ0) is 73.7. The lowest BCUT2D eigenvalue weighted by molar-refractivity contribution is 0.431. The van der Waals surface area contributed by atoms with E-state index in [-0.39, 0.29) is 11.8 Å². The maximum atomic E-state index is 10.2. The van der Waals surface area contributed by atoms with E-state index in [2.05, 4.69) is 0 Å². The van der Waals surface area contributed by atoms with Crippen LogP contribution in [0.5, 0.6) is 11.5 Å². The highest BCUT2D eigenvalue weighted by Crippen LogP contribution is 2.62. The number of fused-ring (bicyclic) bond motifs is 13. The molecule has 2 aliphatic rings. The number of furan rings is 1. The first-order valence-corrected chi connectivity index (χ1v) is 19.2. The highest BCUT2D eigenvalue weighted by Gasteiger charge is 2.49. The lowest BCUT2D eigenvalue weighted by Gasteiger charge is -2.45. The molecule has 0 N–H and O–H groups in total. The van der Waals surface area contributed by atoms with Gasteiger partial charge in [0.15, 0.2) is 0 Å². The number of para-hydroxylation sites is 2. The van der Waals surface area contributed by atoms with Gasteiger partial charge in [-0.25, -0.2) is 0 Å². The fourth-order valence-corrected chi connectivity index (χ4v) is 8.90. The number of anilines is 3. The molecule has 0 bridgehead atoms. The summed E-state index contributed by atoms with van der Waals surface area (Å²) in [6, 6.07) is -40.7. The maximum Gasteiger partial charge on any atom is 0.143 e. The predicted molar refractivity (Wildman–Crippen MR) is 259 cm³/mol. The number of rotatable bonds is 5. The molecule has 0 radical (unpaired) electrons. The molecular formula is C59H37NO2S. The quantitative estimate of drug-likeness (QED) is 0.172. The van der Waals surface area contributed by atoms with Crippen molar-refractivity contribution in [3.63, 3.8) is 0 Å². The highest BCUT2D eigenvalue weighted by atomic mass is 32.2. The normalized spacial score (nSPS) is 21.5. The predicted octanol–water partition coefficient (Wildman–Crippen LogP) is 16.5. The smallest absolute Gasteiger partial charge is 0.143 e. The number of ether oxygens (including phenoxy) is 1. The van der Waals surface area contributed by atoms with Crippen LogP contribution in [0.25, 0.3) is 55.0 Å². The molecule has 0 saturated heterocycles. The Morgan fingerprint density at radius 2 is 1.05 bits per heavy atom. The molecule has 296 valence electrons. The summed E-state index contributed by atoms with van der Waals surface area (Å²) in [4.78, 5) is -1.05. The molecule has 10 aromatic carbocycles. The van der Waals surface area contributed by atoms with Crippen molar-refractivity contribution in [2.75, 3.05) is 4.90 Å². The van der Waals surface area contributed by atoms with Crippen LogP contribution in [0.3, 0.4) is 0 Å². The molecule has 0 unspecified atom stereocenters. The van der Waals surface area contributed by atoms with Crippen molar-refractivity contribution in [2.24, 2.45) is 0 Å². The van der Waals surface area contributed by atoms with E-state index < -0.39 is 345 Å². The van der Waals surface area contributed by atoms with Gasteiger partial charge in [-0.3, -0.25) is 0 Å². The largest absolute Gasteiger partial charge is 0.457 e. The standard InChI is InChI=1S/C59H37NO2S/c1-2-14-38(15-3-1)39-28-33-42(34-29-39)60(51-23-13-26-54-56(51)46-37-32-40-16-4-5-17-44(40)57(46)62-54)43-35-30-41(31-36-43)45-18-12-22-50-58(45)63-55-27-11-8-21-49(55)59(50)47-19-6-9-24-52(47)61-53-25-10-7-20-48(53)59/h1-37H/i1D,2D,3D,4D,5D,6D,7D,8D,9D,10D,11D,12D,13D,14D,15D,16D,17D,18D,19D,20D,21D,22D,23D,24D,25D,26D,27D,28D,29D,30D,31D,32D,33D,34D,35D,36D,37D. The first-order chi connectivity index (χ1) is 46.6. The van der Waals surface area contributed by atoms with E-state index in [0.29, 0.717) is 4.90 Å². The molecule has 4 heteroatoms. The van der Waals surface area contributed by atoms with Gasteiger partial charge in [-0.1, -0.05) is 175 Å². The van der Waals surface area contributed by atoms with Crippen molar-refractivity contribution in [3.05, 3.63) is 246 Å². The van der Waals surface area contributed by atoms with Crippen LogP contribution in [-0.2, 0) is 5.41 Å². The van der Waals surface area contributed by atoms with Gasteiger partial charge in [0, 0.05) is 43.1 Å². The molecule has 0 aliphatic carbocycles. The summed E-state index contributed by atoms with van der Waals surface area (Å²) in [5.41, 5.74) is -15.6. The molecule has 0 fully saturated rings. The van der Waals surface area contributed by atoms with E-state index in [1.54, 1.807) is 0 Å². The van der Waals surface area contributed by atoms with E-state index in [1.165, 1.54) is 0 Å². The minimum Gasteiger partial charge on any atom is -0.457 e. The molecule has 3 nitrogen and oxygen atoms in total. The van der Waals surface area contributed by atoms with Gasteiger partial charge >= 0.3 is 0 Å². The van der Waals surface area contributed by atoms with E-state index in [0.717, 1.165) is 0 Å². The van der Waals surface area contributed by atoms with E-state index in [9.17, 15) is 30.2 Å². The second kappa shape index (κ2) is 14.1. The zero-order valence-electron chi connectivity index (χ0n) is 68.2. The summed E-state index contributed by atoms with van der Waals surface area (Å²) in [6.07, 6.45) is 0. The molecule has 1 spiro atoms. The molecule has 11 aromatic rings. The third-order valence-corrected chi connectivity index (χ3v) is 11.4. The van der Waals surface area contributed by atoms with Crippen LogP contribution in [0.15, 0.2) is 238 Å². The Balaban J connectivity index is 1.23. The summed E-state index contributed by atoms with van der Waals surface area (Å²) < 4.78 is 355. The van der Waals surface area contributed by atoms with E-state index >= 15 is 0 Å². The lowest BCUT2D eigenvalue weighted by Crippen LogP contribution is -2.36. The lowest BCUT2D eigenvalue weighted by atomic mass is 9.63. The second-order valence-corrected chi connectivity index (χ2v) is 14.6. The summed E-state index contributed by atoms with van der Waals surface area (Å²) in [5, 5.41) is -2.76. The van der Waals surface area contributed by atoms with Crippen LogP contribution in [0.2, 0.25) is 0 Å². The Labute approximate surface area is 421 Å². The highest BCUT2D eigenvalue weighted by molar-refractivity contribution is 7.99. The van der Waals surface area contributed by atoms with Crippen LogP contribution in [-0.4, -0.2) is 0 Å². The number of benzene rings is 10. The summed E-state index contributed by atoms with van der Waals surface area (Å²) >= 11 is 0.251. The van der Waals surface area contributed by atoms with Crippen LogP contribution in [0.1, 0.15) is 73.0 Å². The van der Waals surface area contributed by atoms with Gasteiger partial charge in [-0.05, 0) is 99.2 Å². The zero-order valence-corrected chi connectivity index (χ0v) is 32.0.